The first kappa shape index (κ1) is 20.2. The second-order valence-corrected chi connectivity index (χ2v) is 8.37. The molecule has 3 aromatic rings. The van der Waals surface area contributed by atoms with Crippen LogP contribution in [0.5, 0.6) is 0 Å². The molecule has 0 spiro atoms. The number of anilines is 2. The van der Waals surface area contributed by atoms with E-state index >= 15 is 0 Å². The van der Waals surface area contributed by atoms with Crippen molar-refractivity contribution in [2.24, 2.45) is 0 Å². The summed E-state index contributed by atoms with van der Waals surface area (Å²) in [7, 11) is 0. The summed E-state index contributed by atoms with van der Waals surface area (Å²) in [5, 5.41) is 2.65. The molecule has 1 heterocycles. The smallest absolute Gasteiger partial charge is 0.255 e. The van der Waals surface area contributed by atoms with E-state index in [9.17, 15) is 14.0 Å². The number of nitrogens with zero attached hydrogens (tertiary/aromatic N) is 1. The maximum absolute atomic E-state index is 14.0. The number of carbonyl (C=O) groups excluding carboxylic acids is 2. The third-order valence-corrected chi connectivity index (χ3v) is 6.28. The van der Waals surface area contributed by atoms with Gasteiger partial charge in [-0.3, -0.25) is 14.5 Å². The molecule has 0 unspecified atom stereocenters. The Morgan fingerprint density at radius 2 is 1.73 bits per heavy atom. The molecular formula is C24H21FN2O2S. The van der Waals surface area contributed by atoms with Gasteiger partial charge in [0.1, 0.15) is 11.2 Å². The molecule has 1 atom stereocenters. The number of benzene rings is 3. The molecule has 0 bridgehead atoms. The maximum atomic E-state index is 14.0. The van der Waals surface area contributed by atoms with Crippen LogP contribution in [0.4, 0.5) is 15.8 Å². The Bertz CT molecular complexity index is 1100. The van der Waals surface area contributed by atoms with Crippen molar-refractivity contribution >= 4 is 35.0 Å². The summed E-state index contributed by atoms with van der Waals surface area (Å²) in [6.07, 6.45) is 0. The molecule has 1 fully saturated rings. The lowest BCUT2D eigenvalue weighted by atomic mass is 10.1. The van der Waals surface area contributed by atoms with E-state index in [4.69, 9.17) is 0 Å². The summed E-state index contributed by atoms with van der Waals surface area (Å²) < 4.78 is 14.0. The molecule has 1 saturated heterocycles. The Morgan fingerprint density at radius 3 is 2.40 bits per heavy atom. The molecule has 1 aliphatic rings. The fraction of sp³-hybridized carbons (Fsp3) is 0.167. The highest BCUT2D eigenvalue weighted by Crippen LogP contribution is 2.42. The van der Waals surface area contributed by atoms with Crippen LogP contribution in [0.15, 0.2) is 66.7 Å². The lowest BCUT2D eigenvalue weighted by molar-refractivity contribution is -0.115. The van der Waals surface area contributed by atoms with Gasteiger partial charge >= 0.3 is 0 Å². The number of aryl methyl sites for hydroxylation is 2. The van der Waals surface area contributed by atoms with Crippen molar-refractivity contribution in [3.05, 3.63) is 94.8 Å². The highest BCUT2D eigenvalue weighted by Gasteiger charge is 2.34. The zero-order valence-electron chi connectivity index (χ0n) is 16.7. The molecule has 0 aliphatic carbocycles. The lowest BCUT2D eigenvalue weighted by Crippen LogP contribution is -2.28. The number of halogens is 1. The molecule has 0 aromatic heterocycles. The van der Waals surface area contributed by atoms with Crippen molar-refractivity contribution in [3.63, 3.8) is 0 Å². The van der Waals surface area contributed by atoms with Crippen LogP contribution in [-0.2, 0) is 4.79 Å². The summed E-state index contributed by atoms with van der Waals surface area (Å²) in [4.78, 5) is 26.5. The SMILES string of the molecule is Cc1ccc(C(=O)Nc2ccc([C@H]3SCC(=O)N3c3ccc(C)c(F)c3)cc2)cc1. The van der Waals surface area contributed by atoms with Crippen LogP contribution >= 0.6 is 11.8 Å². The van der Waals surface area contributed by atoms with Gasteiger partial charge in [-0.15, -0.1) is 11.8 Å². The average Bonchev–Trinajstić information content (AvgIpc) is 3.12. The Hall–Kier alpha value is -3.12. The van der Waals surface area contributed by atoms with Gasteiger partial charge in [-0.05, 0) is 61.4 Å². The van der Waals surface area contributed by atoms with Gasteiger partial charge in [0.05, 0.1) is 5.75 Å². The van der Waals surface area contributed by atoms with Gasteiger partial charge < -0.3 is 5.32 Å². The minimum atomic E-state index is -0.329. The van der Waals surface area contributed by atoms with Crippen LogP contribution in [0.2, 0.25) is 0 Å². The van der Waals surface area contributed by atoms with E-state index in [1.165, 1.54) is 17.8 Å². The van der Waals surface area contributed by atoms with E-state index in [1.54, 1.807) is 36.1 Å². The fourth-order valence-electron chi connectivity index (χ4n) is 3.32. The fourth-order valence-corrected chi connectivity index (χ4v) is 4.50. The van der Waals surface area contributed by atoms with Crippen molar-refractivity contribution in [2.75, 3.05) is 16.0 Å². The second kappa shape index (κ2) is 8.32. The number of nitrogens with one attached hydrogen (secondary N) is 1. The predicted octanol–water partition coefficient (Wildman–Crippen LogP) is 5.47. The minimum Gasteiger partial charge on any atom is -0.322 e. The van der Waals surface area contributed by atoms with Crippen LogP contribution in [0.25, 0.3) is 0 Å². The number of carbonyl (C=O) groups is 2. The summed E-state index contributed by atoms with van der Waals surface area (Å²) in [5.41, 5.74) is 4.37. The molecule has 0 saturated carbocycles. The predicted molar refractivity (Wildman–Crippen MR) is 119 cm³/mol. The second-order valence-electron chi connectivity index (χ2n) is 7.30. The van der Waals surface area contributed by atoms with E-state index in [1.807, 2.05) is 43.3 Å². The van der Waals surface area contributed by atoms with Gasteiger partial charge in [-0.2, -0.15) is 0 Å². The number of thioether (sulfide) groups is 1. The van der Waals surface area contributed by atoms with E-state index in [2.05, 4.69) is 5.32 Å². The quantitative estimate of drug-likeness (QED) is 0.609. The van der Waals surface area contributed by atoms with Gasteiger partial charge in [0.2, 0.25) is 5.91 Å². The Balaban J connectivity index is 1.52. The number of amides is 2. The Morgan fingerprint density at radius 1 is 1.03 bits per heavy atom. The molecule has 152 valence electrons. The molecule has 30 heavy (non-hydrogen) atoms. The van der Waals surface area contributed by atoms with Crippen LogP contribution in [-0.4, -0.2) is 17.6 Å². The van der Waals surface area contributed by atoms with Crippen molar-refractivity contribution in [1.82, 2.24) is 0 Å². The van der Waals surface area contributed by atoms with E-state index in [0.29, 0.717) is 28.3 Å². The molecule has 2 amide bonds. The van der Waals surface area contributed by atoms with E-state index in [-0.39, 0.29) is 23.0 Å². The highest BCUT2D eigenvalue weighted by atomic mass is 32.2. The van der Waals surface area contributed by atoms with Crippen molar-refractivity contribution in [3.8, 4) is 0 Å². The van der Waals surface area contributed by atoms with Crippen molar-refractivity contribution in [1.29, 1.82) is 0 Å². The molecule has 6 heteroatoms. The minimum absolute atomic E-state index is 0.0509. The van der Waals surface area contributed by atoms with Crippen LogP contribution in [0.3, 0.4) is 0 Å². The number of rotatable bonds is 4. The number of hydrogen-bond donors (Lipinski definition) is 1. The third kappa shape index (κ3) is 4.09. The summed E-state index contributed by atoms with van der Waals surface area (Å²) in [6.45, 7) is 3.67. The molecule has 1 N–H and O–H groups in total. The topological polar surface area (TPSA) is 49.4 Å². The van der Waals surface area contributed by atoms with Gasteiger partial charge in [0.25, 0.3) is 5.91 Å². The average molecular weight is 421 g/mol. The van der Waals surface area contributed by atoms with Gasteiger partial charge in [-0.25, -0.2) is 4.39 Å². The summed E-state index contributed by atoms with van der Waals surface area (Å²) >= 11 is 1.50. The first-order valence-corrected chi connectivity index (χ1v) is 10.6. The van der Waals surface area contributed by atoms with Crippen molar-refractivity contribution in [2.45, 2.75) is 19.2 Å². The largest absolute Gasteiger partial charge is 0.322 e. The molecule has 1 aliphatic heterocycles. The molecular weight excluding hydrogens is 399 g/mol. The van der Waals surface area contributed by atoms with Crippen LogP contribution in [0, 0.1) is 19.7 Å². The van der Waals surface area contributed by atoms with Gasteiger partial charge in [0.15, 0.2) is 0 Å². The first-order chi connectivity index (χ1) is 14.4. The molecule has 4 nitrogen and oxygen atoms in total. The maximum Gasteiger partial charge on any atom is 0.255 e. The van der Waals surface area contributed by atoms with E-state index in [0.717, 1.165) is 11.1 Å². The third-order valence-electron chi connectivity index (χ3n) is 5.07. The van der Waals surface area contributed by atoms with Crippen LogP contribution in [0.1, 0.15) is 32.4 Å². The summed E-state index contributed by atoms with van der Waals surface area (Å²) in [6, 6.07) is 19.6. The summed E-state index contributed by atoms with van der Waals surface area (Å²) in [5.74, 6) is -0.216. The van der Waals surface area contributed by atoms with Gasteiger partial charge in [0, 0.05) is 16.9 Å². The van der Waals surface area contributed by atoms with Crippen LogP contribution < -0.4 is 10.2 Å². The molecule has 0 radical (unpaired) electrons. The first-order valence-electron chi connectivity index (χ1n) is 9.60. The highest BCUT2D eigenvalue weighted by molar-refractivity contribution is 8.00. The monoisotopic (exact) mass is 420 g/mol. The Labute approximate surface area is 179 Å². The van der Waals surface area contributed by atoms with E-state index < -0.39 is 0 Å². The standard InChI is InChI=1S/C24H21FN2O2S/c1-15-3-6-17(7-4-15)23(29)26-19-10-8-18(9-11-19)24-27(22(28)14-30-24)20-12-5-16(2)21(25)13-20/h3-13,24H,14H2,1-2H3,(H,26,29)/t24-/m1/s1. The lowest BCUT2D eigenvalue weighted by Gasteiger charge is -2.25. The molecule has 3 aromatic carbocycles. The molecule has 4 rings (SSSR count). The zero-order chi connectivity index (χ0) is 21.3. The number of hydrogen-bond acceptors (Lipinski definition) is 3. The van der Waals surface area contributed by atoms with Crippen molar-refractivity contribution < 1.29 is 14.0 Å². The normalized spacial score (nSPS) is 16.0. The zero-order valence-corrected chi connectivity index (χ0v) is 17.5. The Kier molecular flexibility index (Phi) is 5.59. The van der Waals surface area contributed by atoms with Gasteiger partial charge in [-0.1, -0.05) is 35.9 Å².